The van der Waals surface area contributed by atoms with Crippen molar-refractivity contribution < 1.29 is 5.11 Å². The fraction of sp³-hybridized carbons (Fsp3) is 0.393. The van der Waals surface area contributed by atoms with Crippen molar-refractivity contribution in [2.24, 2.45) is 13.0 Å². The number of rotatable bonds is 9. The van der Waals surface area contributed by atoms with E-state index in [1.807, 2.05) is 53.8 Å². The zero-order valence-electron chi connectivity index (χ0n) is 22.2. The van der Waals surface area contributed by atoms with Crippen molar-refractivity contribution in [2.45, 2.75) is 45.6 Å². The molecule has 1 atom stereocenters. The van der Waals surface area contributed by atoms with Gasteiger partial charge in [-0.25, -0.2) is 15.0 Å². The van der Waals surface area contributed by atoms with E-state index in [2.05, 4.69) is 45.6 Å². The molecule has 0 fully saturated rings. The highest BCUT2D eigenvalue weighted by Crippen LogP contribution is 2.41. The highest BCUT2D eigenvalue weighted by atomic mass is 16.3. The number of anilines is 3. The third-order valence-electron chi connectivity index (χ3n) is 7.23. The number of aliphatic hydroxyl groups is 1. The van der Waals surface area contributed by atoms with Gasteiger partial charge in [0.25, 0.3) is 0 Å². The van der Waals surface area contributed by atoms with Crippen molar-refractivity contribution in [2.75, 3.05) is 23.8 Å². The average Bonchev–Trinajstić information content (AvgIpc) is 3.60. The van der Waals surface area contributed by atoms with E-state index in [1.165, 1.54) is 0 Å². The lowest BCUT2D eigenvalue weighted by molar-refractivity contribution is 0.219. The zero-order chi connectivity index (χ0) is 26.9. The topological polar surface area (TPSA) is 130 Å². The number of aromatic nitrogens is 6. The van der Waals surface area contributed by atoms with Gasteiger partial charge in [-0.15, -0.1) is 0 Å². The van der Waals surface area contributed by atoms with Gasteiger partial charge in [-0.05, 0) is 42.5 Å². The van der Waals surface area contributed by atoms with Gasteiger partial charge in [0.1, 0.15) is 11.9 Å². The van der Waals surface area contributed by atoms with Crippen molar-refractivity contribution in [3.63, 3.8) is 0 Å². The monoisotopic (exact) mass is 511 g/mol. The summed E-state index contributed by atoms with van der Waals surface area (Å²) in [4.78, 5) is 13.7. The van der Waals surface area contributed by atoms with Crippen LogP contribution >= 0.6 is 0 Å². The predicted molar refractivity (Wildman–Crippen MR) is 146 cm³/mol. The molecule has 1 aliphatic heterocycles. The molecule has 1 aromatic carbocycles. The van der Waals surface area contributed by atoms with Gasteiger partial charge in [0, 0.05) is 43.2 Å². The number of fused-ring (bicyclic) bond motifs is 1. The van der Waals surface area contributed by atoms with Crippen LogP contribution in [0.5, 0.6) is 0 Å². The van der Waals surface area contributed by atoms with Crippen LogP contribution in [0.2, 0.25) is 0 Å². The van der Waals surface area contributed by atoms with Gasteiger partial charge >= 0.3 is 0 Å². The standard InChI is InChI=1S/C28H33N9O/c1-18(2)5-6-24-23(14-33-37(24)15-25-30-9-10-36(25)4)35-27-31-8-7-22(34-27)19-11-20(13-29)26-21(12-19)28(3,17-38)16-32-26/h7-12,14,18,32,38H,5-6,15-17H2,1-4H3,(H,31,34,35). The molecular formula is C28H33N9O. The molecule has 0 radical (unpaired) electrons. The molecule has 0 amide bonds. The lowest BCUT2D eigenvalue weighted by Crippen LogP contribution is -2.28. The Morgan fingerprint density at radius 2 is 2.11 bits per heavy atom. The van der Waals surface area contributed by atoms with E-state index in [4.69, 9.17) is 4.98 Å². The van der Waals surface area contributed by atoms with Crippen LogP contribution in [-0.2, 0) is 25.4 Å². The Morgan fingerprint density at radius 1 is 1.26 bits per heavy atom. The second-order valence-electron chi connectivity index (χ2n) is 10.6. The minimum atomic E-state index is -0.460. The molecule has 5 rings (SSSR count). The summed E-state index contributed by atoms with van der Waals surface area (Å²) in [6, 6.07) is 7.96. The van der Waals surface area contributed by atoms with Crippen LogP contribution in [-0.4, -0.2) is 47.6 Å². The number of nitrogens with one attached hydrogen (secondary N) is 2. The van der Waals surface area contributed by atoms with Crippen LogP contribution < -0.4 is 10.6 Å². The first-order valence-electron chi connectivity index (χ1n) is 12.9. The Labute approximate surface area is 222 Å². The molecule has 1 unspecified atom stereocenters. The van der Waals surface area contributed by atoms with Crippen molar-refractivity contribution in [1.29, 1.82) is 5.26 Å². The summed E-state index contributed by atoms with van der Waals surface area (Å²) in [5.74, 6) is 1.93. The highest BCUT2D eigenvalue weighted by molar-refractivity contribution is 5.76. The normalized spacial score (nSPS) is 16.3. The van der Waals surface area contributed by atoms with E-state index >= 15 is 0 Å². The van der Waals surface area contributed by atoms with Gasteiger partial charge in [0.15, 0.2) is 0 Å². The number of hydrogen-bond donors (Lipinski definition) is 3. The highest BCUT2D eigenvalue weighted by Gasteiger charge is 2.36. The van der Waals surface area contributed by atoms with Crippen LogP contribution in [0.3, 0.4) is 0 Å². The number of benzene rings is 1. The summed E-state index contributed by atoms with van der Waals surface area (Å²) in [5.41, 5.74) is 5.22. The minimum Gasteiger partial charge on any atom is -0.395 e. The van der Waals surface area contributed by atoms with Gasteiger partial charge in [-0.1, -0.05) is 20.8 Å². The smallest absolute Gasteiger partial charge is 0.227 e. The van der Waals surface area contributed by atoms with Gasteiger partial charge in [-0.2, -0.15) is 10.4 Å². The third-order valence-corrected chi connectivity index (χ3v) is 7.23. The van der Waals surface area contributed by atoms with E-state index in [-0.39, 0.29) is 6.61 Å². The fourth-order valence-corrected chi connectivity index (χ4v) is 4.79. The first-order chi connectivity index (χ1) is 18.3. The quantitative estimate of drug-likeness (QED) is 0.307. The average molecular weight is 512 g/mol. The Balaban J connectivity index is 1.47. The Bertz CT molecular complexity index is 1500. The van der Waals surface area contributed by atoms with Gasteiger partial charge in [0.05, 0.1) is 47.7 Å². The Kier molecular flexibility index (Phi) is 6.87. The molecule has 0 saturated heterocycles. The molecule has 1 aliphatic rings. The summed E-state index contributed by atoms with van der Waals surface area (Å²) in [6.45, 7) is 7.55. The third kappa shape index (κ3) is 4.85. The van der Waals surface area contributed by atoms with Gasteiger partial charge < -0.3 is 20.3 Å². The van der Waals surface area contributed by atoms with Crippen molar-refractivity contribution in [3.05, 3.63) is 65.6 Å². The van der Waals surface area contributed by atoms with Crippen LogP contribution in [0, 0.1) is 17.2 Å². The summed E-state index contributed by atoms with van der Waals surface area (Å²) < 4.78 is 3.98. The fourth-order valence-electron chi connectivity index (χ4n) is 4.79. The van der Waals surface area contributed by atoms with Crippen LogP contribution in [0.25, 0.3) is 11.3 Å². The molecular weight excluding hydrogens is 478 g/mol. The Hall–Kier alpha value is -4.23. The Morgan fingerprint density at radius 3 is 2.82 bits per heavy atom. The molecule has 0 bridgehead atoms. The number of hydrogen-bond acceptors (Lipinski definition) is 8. The molecule has 0 aliphatic carbocycles. The summed E-state index contributed by atoms with van der Waals surface area (Å²) in [6.07, 6.45) is 9.12. The first-order valence-corrected chi connectivity index (χ1v) is 12.9. The first kappa shape index (κ1) is 25.4. The number of nitrogens with zero attached hydrogens (tertiary/aromatic N) is 7. The zero-order valence-corrected chi connectivity index (χ0v) is 22.2. The number of imidazole rings is 1. The molecule has 10 heteroatoms. The summed E-state index contributed by atoms with van der Waals surface area (Å²) >= 11 is 0. The molecule has 4 heterocycles. The molecule has 4 aromatic rings. The van der Waals surface area contributed by atoms with Crippen LogP contribution in [0.15, 0.2) is 43.0 Å². The van der Waals surface area contributed by atoms with E-state index in [0.29, 0.717) is 36.2 Å². The second-order valence-corrected chi connectivity index (χ2v) is 10.6. The molecule has 0 saturated carbocycles. The molecule has 0 spiro atoms. The van der Waals surface area contributed by atoms with Gasteiger partial charge in [-0.3, -0.25) is 4.68 Å². The maximum atomic E-state index is 10.0. The van der Waals surface area contributed by atoms with Crippen molar-refractivity contribution in [3.8, 4) is 17.3 Å². The molecule has 10 nitrogen and oxygen atoms in total. The van der Waals surface area contributed by atoms with Crippen molar-refractivity contribution in [1.82, 2.24) is 29.3 Å². The molecule has 196 valence electrons. The molecule has 3 N–H and O–H groups in total. The van der Waals surface area contributed by atoms with Gasteiger partial charge in [0.2, 0.25) is 5.95 Å². The lowest BCUT2D eigenvalue weighted by Gasteiger charge is -2.21. The van der Waals surface area contributed by atoms with E-state index in [0.717, 1.165) is 46.9 Å². The number of aryl methyl sites for hydroxylation is 1. The van der Waals surface area contributed by atoms with Crippen molar-refractivity contribution >= 4 is 17.3 Å². The van der Waals surface area contributed by atoms with E-state index < -0.39 is 5.41 Å². The second kappa shape index (κ2) is 10.3. The molecule has 38 heavy (non-hydrogen) atoms. The predicted octanol–water partition coefficient (Wildman–Crippen LogP) is 4.00. The van der Waals surface area contributed by atoms with Crippen LogP contribution in [0.1, 0.15) is 49.8 Å². The van der Waals surface area contributed by atoms with E-state index in [1.54, 1.807) is 12.4 Å². The number of nitriles is 1. The SMILES string of the molecule is CC(C)CCc1c(Nc2nccc(-c3cc(C#N)c4c(c3)C(C)(CO)CN4)n2)cnn1Cc1nccn1C. The molecule has 3 aromatic heterocycles. The largest absolute Gasteiger partial charge is 0.395 e. The number of aliphatic hydroxyl groups excluding tert-OH is 1. The van der Waals surface area contributed by atoms with E-state index in [9.17, 15) is 10.4 Å². The minimum absolute atomic E-state index is 0.0146. The van der Waals surface area contributed by atoms with Crippen LogP contribution in [0.4, 0.5) is 17.3 Å². The summed E-state index contributed by atoms with van der Waals surface area (Å²) in [5, 5.41) is 31.1. The maximum Gasteiger partial charge on any atom is 0.227 e. The summed E-state index contributed by atoms with van der Waals surface area (Å²) in [7, 11) is 1.98. The lowest BCUT2D eigenvalue weighted by atomic mass is 9.83. The maximum absolute atomic E-state index is 10.0.